The lowest BCUT2D eigenvalue weighted by atomic mass is 10.1. The van der Waals surface area contributed by atoms with Crippen LogP contribution < -0.4 is 0 Å². The number of pyridine rings is 2. The molecule has 0 aliphatic carbocycles. The molecule has 0 saturated heterocycles. The number of rotatable bonds is 2. The molecule has 2 aromatic rings. The minimum atomic E-state index is 0.00545. The summed E-state index contributed by atoms with van der Waals surface area (Å²) in [4.78, 5) is 8.17. The summed E-state index contributed by atoms with van der Waals surface area (Å²) in [7, 11) is 0. The van der Waals surface area contributed by atoms with Gasteiger partial charge in [0.15, 0.2) is 0 Å². The standard InChI is InChI=1S/C11H10N2O/c14-8-10-2-1-5-13-11(10)9-3-6-12-7-4-9/h1-7,14H,8H2. The van der Waals surface area contributed by atoms with Gasteiger partial charge in [0.05, 0.1) is 12.3 Å². The van der Waals surface area contributed by atoms with E-state index in [0.717, 1.165) is 16.8 Å². The molecule has 0 radical (unpaired) electrons. The Morgan fingerprint density at radius 2 is 1.86 bits per heavy atom. The lowest BCUT2D eigenvalue weighted by molar-refractivity contribution is 0.282. The van der Waals surface area contributed by atoms with Gasteiger partial charge in [-0.15, -0.1) is 0 Å². The largest absolute Gasteiger partial charge is 0.392 e. The number of hydrogen-bond acceptors (Lipinski definition) is 3. The molecular weight excluding hydrogens is 176 g/mol. The topological polar surface area (TPSA) is 46.0 Å². The van der Waals surface area contributed by atoms with Gasteiger partial charge in [-0.3, -0.25) is 9.97 Å². The molecule has 0 fully saturated rings. The van der Waals surface area contributed by atoms with Gasteiger partial charge in [-0.2, -0.15) is 0 Å². The van der Waals surface area contributed by atoms with E-state index in [9.17, 15) is 0 Å². The van der Waals surface area contributed by atoms with Crippen molar-refractivity contribution in [3.8, 4) is 11.3 Å². The minimum absolute atomic E-state index is 0.00545. The lowest BCUT2D eigenvalue weighted by Gasteiger charge is -2.04. The minimum Gasteiger partial charge on any atom is -0.392 e. The fourth-order valence-corrected chi connectivity index (χ4v) is 1.34. The molecule has 14 heavy (non-hydrogen) atoms. The van der Waals surface area contributed by atoms with Gasteiger partial charge in [-0.05, 0) is 18.2 Å². The predicted octanol–water partition coefficient (Wildman–Crippen LogP) is 1.64. The van der Waals surface area contributed by atoms with Crippen LogP contribution in [-0.2, 0) is 6.61 Å². The van der Waals surface area contributed by atoms with E-state index in [2.05, 4.69) is 9.97 Å². The van der Waals surface area contributed by atoms with Crippen LogP contribution in [0.1, 0.15) is 5.56 Å². The van der Waals surface area contributed by atoms with Gasteiger partial charge in [0.1, 0.15) is 0 Å². The summed E-state index contributed by atoms with van der Waals surface area (Å²) in [6.07, 6.45) is 5.14. The molecule has 1 N–H and O–H groups in total. The van der Waals surface area contributed by atoms with E-state index < -0.39 is 0 Å². The van der Waals surface area contributed by atoms with Crippen molar-refractivity contribution in [3.63, 3.8) is 0 Å². The van der Waals surface area contributed by atoms with E-state index in [-0.39, 0.29) is 6.61 Å². The molecular formula is C11H10N2O. The molecule has 0 bridgehead atoms. The van der Waals surface area contributed by atoms with E-state index in [1.54, 1.807) is 18.6 Å². The van der Waals surface area contributed by atoms with Crippen LogP contribution in [0.3, 0.4) is 0 Å². The molecule has 0 amide bonds. The van der Waals surface area contributed by atoms with Crippen molar-refractivity contribution in [2.24, 2.45) is 0 Å². The lowest BCUT2D eigenvalue weighted by Crippen LogP contribution is -1.92. The maximum atomic E-state index is 9.12. The van der Waals surface area contributed by atoms with Crippen molar-refractivity contribution >= 4 is 0 Å². The smallest absolute Gasteiger partial charge is 0.0758 e. The summed E-state index contributed by atoms with van der Waals surface area (Å²) in [6.45, 7) is 0.00545. The van der Waals surface area contributed by atoms with Crippen LogP contribution in [0.4, 0.5) is 0 Å². The molecule has 0 spiro atoms. The van der Waals surface area contributed by atoms with Crippen LogP contribution in [0.15, 0.2) is 42.9 Å². The van der Waals surface area contributed by atoms with E-state index in [1.165, 1.54) is 0 Å². The highest BCUT2D eigenvalue weighted by atomic mass is 16.3. The van der Waals surface area contributed by atoms with Crippen molar-refractivity contribution in [2.45, 2.75) is 6.61 Å². The van der Waals surface area contributed by atoms with Crippen molar-refractivity contribution in [2.75, 3.05) is 0 Å². The third-order valence-electron chi connectivity index (χ3n) is 2.02. The molecule has 0 unspecified atom stereocenters. The Hall–Kier alpha value is -1.74. The first-order valence-corrected chi connectivity index (χ1v) is 4.37. The van der Waals surface area contributed by atoms with Gasteiger partial charge in [-0.1, -0.05) is 6.07 Å². The third kappa shape index (κ3) is 1.63. The second kappa shape index (κ2) is 3.98. The van der Waals surface area contributed by atoms with E-state index in [1.807, 2.05) is 24.3 Å². The molecule has 0 atom stereocenters. The first kappa shape index (κ1) is 8.84. The first-order valence-electron chi connectivity index (χ1n) is 4.37. The number of nitrogens with zero attached hydrogens (tertiary/aromatic N) is 2. The van der Waals surface area contributed by atoms with Crippen molar-refractivity contribution in [1.82, 2.24) is 9.97 Å². The maximum Gasteiger partial charge on any atom is 0.0758 e. The zero-order valence-electron chi connectivity index (χ0n) is 7.59. The Morgan fingerprint density at radius 3 is 2.57 bits per heavy atom. The molecule has 0 aromatic carbocycles. The monoisotopic (exact) mass is 186 g/mol. The summed E-state index contributed by atoms with van der Waals surface area (Å²) >= 11 is 0. The summed E-state index contributed by atoms with van der Waals surface area (Å²) in [5.74, 6) is 0. The second-order valence-electron chi connectivity index (χ2n) is 2.91. The Balaban J connectivity index is 2.51. The Kier molecular flexibility index (Phi) is 2.51. The van der Waals surface area contributed by atoms with Gasteiger partial charge in [-0.25, -0.2) is 0 Å². The van der Waals surface area contributed by atoms with Crippen LogP contribution >= 0.6 is 0 Å². The number of aromatic nitrogens is 2. The third-order valence-corrected chi connectivity index (χ3v) is 2.02. The van der Waals surface area contributed by atoms with Gasteiger partial charge in [0, 0.05) is 29.7 Å². The molecule has 0 aliphatic heterocycles. The first-order chi connectivity index (χ1) is 6.92. The van der Waals surface area contributed by atoms with E-state index in [0.29, 0.717) is 0 Å². The van der Waals surface area contributed by atoms with Crippen LogP contribution in [0.25, 0.3) is 11.3 Å². The molecule has 2 aromatic heterocycles. The molecule has 0 saturated carbocycles. The number of aliphatic hydroxyl groups is 1. The zero-order valence-corrected chi connectivity index (χ0v) is 7.59. The van der Waals surface area contributed by atoms with E-state index in [4.69, 9.17) is 5.11 Å². The molecule has 3 nitrogen and oxygen atoms in total. The summed E-state index contributed by atoms with van der Waals surface area (Å²) in [6, 6.07) is 7.43. The van der Waals surface area contributed by atoms with Crippen molar-refractivity contribution < 1.29 is 5.11 Å². The van der Waals surface area contributed by atoms with Crippen molar-refractivity contribution in [3.05, 3.63) is 48.4 Å². The van der Waals surface area contributed by atoms with Gasteiger partial charge in [0.25, 0.3) is 0 Å². The highest BCUT2D eigenvalue weighted by Gasteiger charge is 2.03. The quantitative estimate of drug-likeness (QED) is 0.775. The molecule has 70 valence electrons. The van der Waals surface area contributed by atoms with Crippen LogP contribution in [-0.4, -0.2) is 15.1 Å². The predicted molar refractivity (Wildman–Crippen MR) is 53.4 cm³/mol. The molecule has 2 heterocycles. The molecule has 0 aliphatic rings. The van der Waals surface area contributed by atoms with Gasteiger partial charge < -0.3 is 5.11 Å². The maximum absolute atomic E-state index is 9.12. The van der Waals surface area contributed by atoms with Crippen molar-refractivity contribution in [1.29, 1.82) is 0 Å². The number of aliphatic hydroxyl groups excluding tert-OH is 1. The molecule has 3 heteroatoms. The molecule has 2 rings (SSSR count). The fraction of sp³-hybridized carbons (Fsp3) is 0.0909. The average molecular weight is 186 g/mol. The summed E-state index contributed by atoms with van der Waals surface area (Å²) in [5, 5.41) is 9.12. The highest BCUT2D eigenvalue weighted by molar-refractivity contribution is 5.61. The zero-order chi connectivity index (χ0) is 9.80. The van der Waals surface area contributed by atoms with Crippen LogP contribution in [0.5, 0.6) is 0 Å². The SMILES string of the molecule is OCc1cccnc1-c1ccncc1. The number of hydrogen-bond donors (Lipinski definition) is 1. The van der Waals surface area contributed by atoms with Crippen LogP contribution in [0.2, 0.25) is 0 Å². The normalized spacial score (nSPS) is 10.1. The average Bonchev–Trinajstić information content (AvgIpc) is 2.30. The van der Waals surface area contributed by atoms with Gasteiger partial charge >= 0.3 is 0 Å². The van der Waals surface area contributed by atoms with Crippen LogP contribution in [0, 0.1) is 0 Å². The highest BCUT2D eigenvalue weighted by Crippen LogP contribution is 2.19. The Labute approximate surface area is 82.1 Å². The van der Waals surface area contributed by atoms with Gasteiger partial charge in [0.2, 0.25) is 0 Å². The second-order valence-corrected chi connectivity index (χ2v) is 2.91. The summed E-state index contributed by atoms with van der Waals surface area (Å²) in [5.41, 5.74) is 2.63. The fourth-order valence-electron chi connectivity index (χ4n) is 1.34. The Bertz CT molecular complexity index is 415. The summed E-state index contributed by atoms with van der Waals surface area (Å²) < 4.78 is 0. The van der Waals surface area contributed by atoms with E-state index >= 15 is 0 Å². The Morgan fingerprint density at radius 1 is 1.07 bits per heavy atom.